The van der Waals surface area contributed by atoms with E-state index in [2.05, 4.69) is 0 Å². The third kappa shape index (κ3) is 2.99. The van der Waals surface area contributed by atoms with Gasteiger partial charge in [0, 0.05) is 0 Å². The lowest BCUT2D eigenvalue weighted by atomic mass is 10.2. The molecule has 8 heavy (non-hydrogen) atoms. The SMILES string of the molecule is CCC[C@H](N)C(=O)Cl. The molecule has 3 heteroatoms. The highest BCUT2D eigenvalue weighted by atomic mass is 35.5. The Balaban J connectivity index is 3.32. The molecular formula is C5H10ClNO. The number of hydrogen-bond acceptors (Lipinski definition) is 2. The van der Waals surface area contributed by atoms with E-state index < -0.39 is 11.3 Å². The molecule has 1 atom stereocenters. The molecule has 0 bridgehead atoms. The lowest BCUT2D eigenvalue weighted by Crippen LogP contribution is -2.25. The van der Waals surface area contributed by atoms with E-state index in [4.69, 9.17) is 17.3 Å². The van der Waals surface area contributed by atoms with Gasteiger partial charge >= 0.3 is 0 Å². The van der Waals surface area contributed by atoms with Gasteiger partial charge in [0.2, 0.25) is 5.24 Å². The second-order valence-electron chi connectivity index (χ2n) is 1.70. The lowest BCUT2D eigenvalue weighted by Gasteiger charge is -2.00. The number of halogens is 1. The second kappa shape index (κ2) is 3.87. The highest BCUT2D eigenvalue weighted by Crippen LogP contribution is 1.96. The topological polar surface area (TPSA) is 43.1 Å². The largest absolute Gasteiger partial charge is 0.320 e. The van der Waals surface area contributed by atoms with Crippen molar-refractivity contribution in [1.29, 1.82) is 0 Å². The lowest BCUT2D eigenvalue weighted by molar-refractivity contribution is -0.112. The summed E-state index contributed by atoms with van der Waals surface area (Å²) < 4.78 is 0. The number of rotatable bonds is 3. The Kier molecular flexibility index (Phi) is 3.83. The van der Waals surface area contributed by atoms with Crippen molar-refractivity contribution in [3.8, 4) is 0 Å². The molecule has 0 aliphatic carbocycles. The van der Waals surface area contributed by atoms with Crippen LogP contribution >= 0.6 is 11.6 Å². The normalized spacial score (nSPS) is 13.4. The van der Waals surface area contributed by atoms with Crippen molar-refractivity contribution in [2.45, 2.75) is 25.8 Å². The first-order valence-corrected chi connectivity index (χ1v) is 3.01. The zero-order valence-electron chi connectivity index (χ0n) is 4.86. The maximum absolute atomic E-state index is 10.2. The second-order valence-corrected chi connectivity index (χ2v) is 2.07. The van der Waals surface area contributed by atoms with E-state index in [1.54, 1.807) is 0 Å². The molecule has 0 spiro atoms. The van der Waals surface area contributed by atoms with Crippen LogP contribution in [-0.4, -0.2) is 11.3 Å². The molecule has 0 heterocycles. The Morgan fingerprint density at radius 3 is 2.50 bits per heavy atom. The van der Waals surface area contributed by atoms with Crippen molar-refractivity contribution < 1.29 is 4.79 Å². The number of nitrogens with two attached hydrogens (primary N) is 1. The van der Waals surface area contributed by atoms with Crippen molar-refractivity contribution in [2.75, 3.05) is 0 Å². The van der Waals surface area contributed by atoms with Crippen molar-refractivity contribution >= 4 is 16.8 Å². The summed E-state index contributed by atoms with van der Waals surface area (Å²) >= 11 is 5.04. The molecule has 0 saturated carbocycles. The summed E-state index contributed by atoms with van der Waals surface area (Å²) in [5.41, 5.74) is 5.25. The smallest absolute Gasteiger partial charge is 0.238 e. The molecular weight excluding hydrogens is 126 g/mol. The third-order valence-corrected chi connectivity index (χ3v) is 1.17. The zero-order valence-corrected chi connectivity index (χ0v) is 5.61. The molecule has 0 unspecified atom stereocenters. The molecule has 0 saturated heterocycles. The molecule has 0 aromatic carbocycles. The molecule has 2 N–H and O–H groups in total. The molecule has 2 nitrogen and oxygen atoms in total. The van der Waals surface area contributed by atoms with E-state index in [9.17, 15) is 4.79 Å². The van der Waals surface area contributed by atoms with Gasteiger partial charge < -0.3 is 5.73 Å². The van der Waals surface area contributed by atoms with Crippen LogP contribution < -0.4 is 5.73 Å². The quantitative estimate of drug-likeness (QED) is 0.584. The van der Waals surface area contributed by atoms with E-state index in [0.717, 1.165) is 6.42 Å². The number of carbonyl (C=O) groups is 1. The molecule has 0 rings (SSSR count). The monoisotopic (exact) mass is 135 g/mol. The minimum atomic E-state index is -0.457. The molecule has 0 fully saturated rings. The van der Waals surface area contributed by atoms with Gasteiger partial charge in [-0.2, -0.15) is 0 Å². The number of carbonyl (C=O) groups excluding carboxylic acids is 1. The Morgan fingerprint density at radius 2 is 2.38 bits per heavy atom. The summed E-state index contributed by atoms with van der Waals surface area (Å²) in [6.07, 6.45) is 1.59. The van der Waals surface area contributed by atoms with Gasteiger partial charge in [-0.25, -0.2) is 0 Å². The standard InChI is InChI=1S/C5H10ClNO/c1-2-3-4(7)5(6)8/h4H,2-3,7H2,1H3/t4-/m0/s1. The fraction of sp³-hybridized carbons (Fsp3) is 0.800. The highest BCUT2D eigenvalue weighted by Gasteiger charge is 2.06. The fourth-order valence-electron chi connectivity index (χ4n) is 0.424. The maximum Gasteiger partial charge on any atom is 0.238 e. The van der Waals surface area contributed by atoms with Gasteiger partial charge in [0.15, 0.2) is 0 Å². The highest BCUT2D eigenvalue weighted by molar-refractivity contribution is 6.64. The van der Waals surface area contributed by atoms with Gasteiger partial charge in [0.1, 0.15) is 0 Å². The molecule has 0 aliphatic rings. The van der Waals surface area contributed by atoms with E-state index >= 15 is 0 Å². The van der Waals surface area contributed by atoms with Crippen molar-refractivity contribution in [3.05, 3.63) is 0 Å². The van der Waals surface area contributed by atoms with Gasteiger partial charge in [-0.05, 0) is 18.0 Å². The first-order valence-electron chi connectivity index (χ1n) is 2.63. The minimum Gasteiger partial charge on any atom is -0.320 e. The first kappa shape index (κ1) is 7.92. The maximum atomic E-state index is 10.2. The summed E-state index contributed by atoms with van der Waals surface area (Å²) in [5.74, 6) is 0. The molecule has 0 aromatic heterocycles. The average Bonchev–Trinajstić information content (AvgIpc) is 1.67. The summed E-state index contributed by atoms with van der Waals surface area (Å²) in [4.78, 5) is 10.2. The van der Waals surface area contributed by atoms with Gasteiger partial charge in [-0.1, -0.05) is 13.3 Å². The predicted molar refractivity (Wildman–Crippen MR) is 33.7 cm³/mol. The molecule has 0 amide bonds. The van der Waals surface area contributed by atoms with Crippen LogP contribution in [0.15, 0.2) is 0 Å². The van der Waals surface area contributed by atoms with Crippen LogP contribution in [0.5, 0.6) is 0 Å². The van der Waals surface area contributed by atoms with E-state index in [0.29, 0.717) is 6.42 Å². The van der Waals surface area contributed by atoms with Crippen LogP contribution in [0.2, 0.25) is 0 Å². The van der Waals surface area contributed by atoms with Crippen LogP contribution in [-0.2, 0) is 4.79 Å². The van der Waals surface area contributed by atoms with Crippen molar-refractivity contribution in [3.63, 3.8) is 0 Å². The van der Waals surface area contributed by atoms with Gasteiger partial charge in [-0.3, -0.25) is 4.79 Å². The van der Waals surface area contributed by atoms with E-state index in [-0.39, 0.29) is 0 Å². The summed E-state index contributed by atoms with van der Waals surface area (Å²) in [6.45, 7) is 1.96. The Labute approximate surface area is 54.0 Å². The average molecular weight is 136 g/mol. The number of hydrogen-bond donors (Lipinski definition) is 1. The van der Waals surface area contributed by atoms with Gasteiger partial charge in [-0.15, -0.1) is 0 Å². The predicted octanol–water partition coefficient (Wildman–Crippen LogP) is 0.879. The third-order valence-electron chi connectivity index (χ3n) is 0.891. The Bertz CT molecular complexity index is 84.5. The van der Waals surface area contributed by atoms with Crippen LogP contribution in [0, 0.1) is 0 Å². The molecule has 48 valence electrons. The van der Waals surface area contributed by atoms with E-state index in [1.807, 2.05) is 6.92 Å². The summed E-state index contributed by atoms with van der Waals surface area (Å²) in [5, 5.41) is -0.438. The van der Waals surface area contributed by atoms with Crippen LogP contribution in [0.3, 0.4) is 0 Å². The molecule has 0 aromatic rings. The van der Waals surface area contributed by atoms with Crippen molar-refractivity contribution in [1.82, 2.24) is 0 Å². The van der Waals surface area contributed by atoms with Crippen LogP contribution in [0.1, 0.15) is 19.8 Å². The van der Waals surface area contributed by atoms with Crippen LogP contribution in [0.25, 0.3) is 0 Å². The van der Waals surface area contributed by atoms with Crippen molar-refractivity contribution in [2.24, 2.45) is 5.73 Å². The summed E-state index contributed by atoms with van der Waals surface area (Å²) in [6, 6.07) is -0.457. The van der Waals surface area contributed by atoms with Gasteiger partial charge in [0.05, 0.1) is 6.04 Å². The van der Waals surface area contributed by atoms with E-state index in [1.165, 1.54) is 0 Å². The van der Waals surface area contributed by atoms with Crippen LogP contribution in [0.4, 0.5) is 0 Å². The zero-order chi connectivity index (χ0) is 6.57. The molecule has 0 radical (unpaired) electrons. The Morgan fingerprint density at radius 1 is 1.88 bits per heavy atom. The first-order chi connectivity index (χ1) is 3.68. The minimum absolute atomic E-state index is 0.438. The summed E-state index contributed by atoms with van der Waals surface area (Å²) in [7, 11) is 0. The fourth-order valence-corrected chi connectivity index (χ4v) is 0.534. The molecule has 0 aliphatic heterocycles. The Hall–Kier alpha value is -0.0800. The van der Waals surface area contributed by atoms with Gasteiger partial charge in [0.25, 0.3) is 0 Å².